The van der Waals surface area contributed by atoms with Gasteiger partial charge in [0, 0.05) is 13.0 Å². The summed E-state index contributed by atoms with van der Waals surface area (Å²) >= 11 is 0. The molecule has 0 saturated heterocycles. The number of sulfonamides is 1. The highest BCUT2D eigenvalue weighted by molar-refractivity contribution is 7.89. The lowest BCUT2D eigenvalue weighted by Gasteiger charge is -2.12. The number of furan rings is 1. The highest BCUT2D eigenvalue weighted by atomic mass is 32.2. The predicted molar refractivity (Wildman–Crippen MR) is 86.3 cm³/mol. The Bertz CT molecular complexity index is 753. The van der Waals surface area contributed by atoms with Crippen molar-refractivity contribution in [3.63, 3.8) is 0 Å². The molecule has 124 valence electrons. The normalized spacial score (nSPS) is 12.8. The molecule has 0 aliphatic heterocycles. The molecule has 0 saturated carbocycles. The van der Waals surface area contributed by atoms with Crippen LogP contribution in [0.4, 0.5) is 0 Å². The highest BCUT2D eigenvalue weighted by Crippen LogP contribution is 2.15. The standard InChI is InChI=1S/C16H20N2O4S/c1-12-8-9-15(22-12)13(2)18-16(19)10-11-17-23(20,21)14-6-4-3-5-7-14/h3-9,13,17H,10-11H2,1-2H3,(H,18,19). The molecular weight excluding hydrogens is 316 g/mol. The van der Waals surface area contributed by atoms with Crippen molar-refractivity contribution in [2.45, 2.75) is 31.2 Å². The molecule has 1 heterocycles. The molecule has 0 bridgehead atoms. The van der Waals surface area contributed by atoms with E-state index in [4.69, 9.17) is 4.42 Å². The maximum atomic E-state index is 12.0. The van der Waals surface area contributed by atoms with Crippen LogP contribution in [0, 0.1) is 6.92 Å². The van der Waals surface area contributed by atoms with Crippen LogP contribution in [-0.4, -0.2) is 20.9 Å². The van der Waals surface area contributed by atoms with Crippen molar-refractivity contribution in [3.05, 3.63) is 54.0 Å². The van der Waals surface area contributed by atoms with Gasteiger partial charge in [-0.05, 0) is 38.1 Å². The first kappa shape index (κ1) is 17.2. The molecule has 0 spiro atoms. The van der Waals surface area contributed by atoms with Crippen molar-refractivity contribution in [2.24, 2.45) is 0 Å². The molecule has 2 rings (SSSR count). The van der Waals surface area contributed by atoms with Crippen LogP contribution in [0.25, 0.3) is 0 Å². The summed E-state index contributed by atoms with van der Waals surface area (Å²) in [6, 6.07) is 11.4. The van der Waals surface area contributed by atoms with Crippen LogP contribution >= 0.6 is 0 Å². The molecule has 23 heavy (non-hydrogen) atoms. The summed E-state index contributed by atoms with van der Waals surface area (Å²) in [5.74, 6) is 1.19. The van der Waals surface area contributed by atoms with Crippen molar-refractivity contribution in [2.75, 3.05) is 6.54 Å². The summed E-state index contributed by atoms with van der Waals surface area (Å²) in [6.07, 6.45) is 0.0517. The van der Waals surface area contributed by atoms with Gasteiger partial charge in [-0.1, -0.05) is 18.2 Å². The summed E-state index contributed by atoms with van der Waals surface area (Å²) in [7, 11) is -3.58. The van der Waals surface area contributed by atoms with Gasteiger partial charge in [0.1, 0.15) is 11.5 Å². The van der Waals surface area contributed by atoms with Gasteiger partial charge in [0.05, 0.1) is 10.9 Å². The number of rotatable bonds is 7. The Morgan fingerprint density at radius 1 is 1.17 bits per heavy atom. The zero-order valence-electron chi connectivity index (χ0n) is 13.1. The molecule has 0 fully saturated rings. The summed E-state index contributed by atoms with van der Waals surface area (Å²) < 4.78 is 31.9. The Morgan fingerprint density at radius 2 is 1.87 bits per heavy atom. The van der Waals surface area contributed by atoms with Crippen LogP contribution in [0.1, 0.15) is 30.9 Å². The van der Waals surface area contributed by atoms with Gasteiger partial charge < -0.3 is 9.73 Å². The second-order valence-electron chi connectivity index (χ2n) is 5.20. The second kappa shape index (κ2) is 7.43. The van der Waals surface area contributed by atoms with Gasteiger partial charge >= 0.3 is 0 Å². The SMILES string of the molecule is Cc1ccc(C(C)NC(=O)CCNS(=O)(=O)c2ccccc2)o1. The predicted octanol–water partition coefficient (Wildman–Crippen LogP) is 2.13. The van der Waals surface area contributed by atoms with Crippen LogP contribution in [-0.2, 0) is 14.8 Å². The number of carbonyl (C=O) groups excluding carboxylic acids is 1. The number of benzene rings is 1. The van der Waals surface area contributed by atoms with Crippen molar-refractivity contribution >= 4 is 15.9 Å². The van der Waals surface area contributed by atoms with E-state index in [2.05, 4.69) is 10.0 Å². The zero-order chi connectivity index (χ0) is 16.9. The molecule has 1 aromatic carbocycles. The molecule has 7 heteroatoms. The van der Waals surface area contributed by atoms with Gasteiger partial charge in [0.15, 0.2) is 0 Å². The molecule has 1 atom stereocenters. The van der Waals surface area contributed by atoms with E-state index >= 15 is 0 Å². The van der Waals surface area contributed by atoms with Gasteiger partial charge in [-0.25, -0.2) is 13.1 Å². The molecule has 0 aliphatic carbocycles. The molecule has 0 radical (unpaired) electrons. The number of hydrogen-bond acceptors (Lipinski definition) is 4. The minimum atomic E-state index is -3.58. The lowest BCUT2D eigenvalue weighted by atomic mass is 10.2. The molecule has 6 nitrogen and oxygen atoms in total. The second-order valence-corrected chi connectivity index (χ2v) is 6.97. The third-order valence-corrected chi connectivity index (χ3v) is 4.74. The van der Waals surface area contributed by atoms with Crippen LogP contribution in [0.3, 0.4) is 0 Å². The Labute approximate surface area is 135 Å². The topological polar surface area (TPSA) is 88.4 Å². The molecule has 1 aromatic heterocycles. The van der Waals surface area contributed by atoms with E-state index in [-0.39, 0.29) is 29.8 Å². The molecule has 0 aliphatic rings. The quantitative estimate of drug-likeness (QED) is 0.811. The van der Waals surface area contributed by atoms with Crippen LogP contribution in [0.5, 0.6) is 0 Å². The number of nitrogens with one attached hydrogen (secondary N) is 2. The van der Waals surface area contributed by atoms with Crippen LogP contribution < -0.4 is 10.0 Å². The van der Waals surface area contributed by atoms with Crippen LogP contribution in [0.15, 0.2) is 51.8 Å². The van der Waals surface area contributed by atoms with E-state index in [0.717, 1.165) is 5.76 Å². The monoisotopic (exact) mass is 336 g/mol. The first-order valence-electron chi connectivity index (χ1n) is 7.29. The van der Waals surface area contributed by atoms with E-state index in [1.807, 2.05) is 19.9 Å². The fourth-order valence-corrected chi connectivity index (χ4v) is 3.11. The average Bonchev–Trinajstić information content (AvgIpc) is 2.94. The van der Waals surface area contributed by atoms with E-state index in [9.17, 15) is 13.2 Å². The Balaban J connectivity index is 1.81. The van der Waals surface area contributed by atoms with Crippen molar-refractivity contribution in [1.29, 1.82) is 0 Å². The fraction of sp³-hybridized carbons (Fsp3) is 0.312. The number of hydrogen-bond donors (Lipinski definition) is 2. The third kappa shape index (κ3) is 4.94. The Kier molecular flexibility index (Phi) is 5.57. The summed E-state index contributed by atoms with van der Waals surface area (Å²) in [6.45, 7) is 3.67. The van der Waals surface area contributed by atoms with Crippen molar-refractivity contribution < 1.29 is 17.6 Å². The highest BCUT2D eigenvalue weighted by Gasteiger charge is 2.15. The van der Waals surface area contributed by atoms with Crippen molar-refractivity contribution in [1.82, 2.24) is 10.0 Å². The maximum absolute atomic E-state index is 12.0. The summed E-state index contributed by atoms with van der Waals surface area (Å²) in [4.78, 5) is 12.0. The minimum absolute atomic E-state index is 0.0347. The summed E-state index contributed by atoms with van der Waals surface area (Å²) in [5, 5.41) is 2.77. The van der Waals surface area contributed by atoms with Gasteiger partial charge in [-0.2, -0.15) is 0 Å². The van der Waals surface area contributed by atoms with E-state index < -0.39 is 10.0 Å². The van der Waals surface area contributed by atoms with Gasteiger partial charge in [0.25, 0.3) is 0 Å². The minimum Gasteiger partial charge on any atom is -0.464 e. The zero-order valence-corrected chi connectivity index (χ0v) is 13.9. The van der Waals surface area contributed by atoms with E-state index in [1.165, 1.54) is 12.1 Å². The Morgan fingerprint density at radius 3 is 2.48 bits per heavy atom. The third-order valence-electron chi connectivity index (χ3n) is 3.26. The largest absolute Gasteiger partial charge is 0.464 e. The van der Waals surface area contributed by atoms with E-state index in [1.54, 1.807) is 24.3 Å². The molecule has 1 unspecified atom stereocenters. The van der Waals surface area contributed by atoms with E-state index in [0.29, 0.717) is 5.76 Å². The van der Waals surface area contributed by atoms with Crippen molar-refractivity contribution in [3.8, 4) is 0 Å². The van der Waals surface area contributed by atoms with Gasteiger partial charge in [-0.15, -0.1) is 0 Å². The number of carbonyl (C=O) groups is 1. The molecule has 2 aromatic rings. The number of amides is 1. The van der Waals surface area contributed by atoms with Crippen LogP contribution in [0.2, 0.25) is 0 Å². The Hall–Kier alpha value is -2.12. The van der Waals surface area contributed by atoms with Gasteiger partial charge in [0.2, 0.25) is 15.9 Å². The average molecular weight is 336 g/mol. The lowest BCUT2D eigenvalue weighted by Crippen LogP contribution is -2.32. The lowest BCUT2D eigenvalue weighted by molar-refractivity contribution is -0.121. The first-order valence-corrected chi connectivity index (χ1v) is 8.77. The smallest absolute Gasteiger partial charge is 0.240 e. The molecular formula is C16H20N2O4S. The number of aryl methyl sites for hydroxylation is 1. The van der Waals surface area contributed by atoms with Gasteiger partial charge in [-0.3, -0.25) is 4.79 Å². The maximum Gasteiger partial charge on any atom is 0.240 e. The summed E-state index contributed by atoms with van der Waals surface area (Å²) in [5.41, 5.74) is 0. The first-order chi connectivity index (χ1) is 10.9. The molecule has 2 N–H and O–H groups in total. The molecule has 1 amide bonds. The fourth-order valence-electron chi connectivity index (χ4n) is 2.05.